The van der Waals surface area contributed by atoms with Crippen LogP contribution in [0.25, 0.3) is 5.69 Å². The van der Waals surface area contributed by atoms with E-state index in [1.54, 1.807) is 16.9 Å². The van der Waals surface area contributed by atoms with Gasteiger partial charge in [-0.1, -0.05) is 30.2 Å². The maximum Gasteiger partial charge on any atom is 0.251 e. The van der Waals surface area contributed by atoms with Crippen LogP contribution in [0.5, 0.6) is 0 Å². The minimum absolute atomic E-state index is 0.0112. The second kappa shape index (κ2) is 9.85. The van der Waals surface area contributed by atoms with Gasteiger partial charge in [0.1, 0.15) is 4.90 Å². The van der Waals surface area contributed by atoms with Gasteiger partial charge in [0.25, 0.3) is 5.91 Å². The number of hydrogen-bond donors (Lipinski definition) is 1. The van der Waals surface area contributed by atoms with Gasteiger partial charge in [-0.15, -0.1) is 0 Å². The lowest BCUT2D eigenvalue weighted by molar-refractivity contribution is 0.0954. The second-order valence-electron chi connectivity index (χ2n) is 7.73. The van der Waals surface area contributed by atoms with Crippen molar-refractivity contribution in [2.45, 2.75) is 30.6 Å². The number of piperidine rings is 1. The lowest BCUT2D eigenvalue weighted by Gasteiger charge is -2.26. The fourth-order valence-electron chi connectivity index (χ4n) is 3.75. The quantitative estimate of drug-likeness (QED) is 0.568. The molecule has 0 bridgehead atoms. The number of amides is 1. The van der Waals surface area contributed by atoms with Crippen molar-refractivity contribution < 1.29 is 13.2 Å². The van der Waals surface area contributed by atoms with Gasteiger partial charge in [-0.2, -0.15) is 9.40 Å². The molecule has 7 nitrogen and oxygen atoms in total. The molecular weight excluding hydrogens is 448 g/mol. The van der Waals surface area contributed by atoms with Crippen LogP contribution in [0, 0.1) is 0 Å². The third-order valence-corrected chi connectivity index (χ3v) is 7.91. The van der Waals surface area contributed by atoms with Crippen LogP contribution in [0.2, 0.25) is 5.02 Å². The highest BCUT2D eigenvalue weighted by atomic mass is 35.5. The molecule has 0 aliphatic carbocycles. The number of nitrogens with zero attached hydrogens (tertiary/aromatic N) is 3. The molecule has 0 atom stereocenters. The lowest BCUT2D eigenvalue weighted by Crippen LogP contribution is -2.36. The number of hydrogen-bond acceptors (Lipinski definition) is 4. The monoisotopic (exact) mass is 472 g/mol. The molecule has 2 aromatic carbocycles. The van der Waals surface area contributed by atoms with Gasteiger partial charge in [0, 0.05) is 37.6 Å². The average molecular weight is 473 g/mol. The van der Waals surface area contributed by atoms with Crippen LogP contribution < -0.4 is 5.32 Å². The molecule has 2 heterocycles. The first-order valence-electron chi connectivity index (χ1n) is 10.6. The molecule has 0 saturated carbocycles. The van der Waals surface area contributed by atoms with Gasteiger partial charge in [-0.05, 0) is 61.2 Å². The summed E-state index contributed by atoms with van der Waals surface area (Å²) >= 11 is 6.20. The SMILES string of the molecule is O=C(NCCc1ccc(-n2cccn2)cc1)c1ccc(Cl)c(S(=O)(=O)N2CCCCC2)c1. The Bertz CT molecular complexity index is 1170. The number of carbonyl (C=O) groups is 1. The number of sulfonamides is 1. The highest BCUT2D eigenvalue weighted by Gasteiger charge is 2.28. The molecule has 1 aliphatic heterocycles. The topological polar surface area (TPSA) is 84.3 Å². The number of carbonyl (C=O) groups excluding carboxylic acids is 1. The molecule has 0 unspecified atom stereocenters. The zero-order chi connectivity index (χ0) is 22.6. The van der Waals surface area contributed by atoms with Crippen LogP contribution in [0.1, 0.15) is 35.2 Å². The number of halogens is 1. The van der Waals surface area contributed by atoms with Gasteiger partial charge >= 0.3 is 0 Å². The summed E-state index contributed by atoms with van der Waals surface area (Å²) in [5.74, 6) is -0.329. The molecule has 168 valence electrons. The third kappa shape index (κ3) is 5.03. The van der Waals surface area contributed by atoms with Gasteiger partial charge in [0.15, 0.2) is 0 Å². The number of benzene rings is 2. The molecule has 1 N–H and O–H groups in total. The Morgan fingerprint density at radius 2 is 1.81 bits per heavy atom. The standard InChI is InChI=1S/C23H25ClN4O3S/c24-21-10-7-19(17-22(21)32(30,31)27-14-2-1-3-15-27)23(29)25-13-11-18-5-8-20(9-6-18)28-16-4-12-26-28/h4-10,12,16-17H,1-3,11,13-15H2,(H,25,29). The van der Waals surface area contributed by atoms with E-state index in [4.69, 9.17) is 11.6 Å². The fraction of sp³-hybridized carbons (Fsp3) is 0.304. The van der Waals surface area contributed by atoms with Crippen molar-refractivity contribution in [3.8, 4) is 5.69 Å². The molecular formula is C23H25ClN4O3S. The molecule has 4 rings (SSSR count). The van der Waals surface area contributed by atoms with E-state index in [9.17, 15) is 13.2 Å². The van der Waals surface area contributed by atoms with Crippen molar-refractivity contribution in [1.29, 1.82) is 0 Å². The number of nitrogens with one attached hydrogen (secondary N) is 1. The maximum atomic E-state index is 13.0. The Labute approximate surface area is 193 Å². The Morgan fingerprint density at radius 1 is 1.06 bits per heavy atom. The van der Waals surface area contributed by atoms with Crippen molar-refractivity contribution in [3.05, 3.63) is 77.1 Å². The summed E-state index contributed by atoms with van der Waals surface area (Å²) < 4.78 is 29.2. The summed E-state index contributed by atoms with van der Waals surface area (Å²) in [5.41, 5.74) is 2.32. The normalized spacial score (nSPS) is 14.9. The fourth-order valence-corrected chi connectivity index (χ4v) is 5.76. The zero-order valence-corrected chi connectivity index (χ0v) is 19.1. The first-order chi connectivity index (χ1) is 15.4. The van der Waals surface area contributed by atoms with Crippen LogP contribution in [0.15, 0.2) is 65.8 Å². The zero-order valence-electron chi connectivity index (χ0n) is 17.6. The third-order valence-electron chi connectivity index (χ3n) is 5.53. The first kappa shape index (κ1) is 22.5. The minimum atomic E-state index is -3.72. The summed E-state index contributed by atoms with van der Waals surface area (Å²) in [4.78, 5) is 12.6. The average Bonchev–Trinajstić information content (AvgIpc) is 3.35. The van der Waals surface area contributed by atoms with Crippen molar-refractivity contribution >= 4 is 27.5 Å². The highest BCUT2D eigenvalue weighted by molar-refractivity contribution is 7.89. The molecule has 32 heavy (non-hydrogen) atoms. The molecule has 1 saturated heterocycles. The minimum Gasteiger partial charge on any atom is -0.352 e. The van der Waals surface area contributed by atoms with Crippen molar-refractivity contribution in [1.82, 2.24) is 19.4 Å². The number of aromatic nitrogens is 2. The van der Waals surface area contributed by atoms with Gasteiger partial charge in [-0.3, -0.25) is 4.79 Å². The molecule has 1 fully saturated rings. The lowest BCUT2D eigenvalue weighted by atomic mass is 10.1. The largest absolute Gasteiger partial charge is 0.352 e. The number of rotatable bonds is 7. The van der Waals surface area contributed by atoms with Gasteiger partial charge in [0.2, 0.25) is 10.0 Å². The summed E-state index contributed by atoms with van der Waals surface area (Å²) in [6.45, 7) is 1.39. The van der Waals surface area contributed by atoms with E-state index in [1.165, 1.54) is 16.4 Å². The van der Waals surface area contributed by atoms with Crippen LogP contribution in [-0.4, -0.2) is 48.0 Å². The van der Waals surface area contributed by atoms with Gasteiger partial charge in [-0.25, -0.2) is 13.1 Å². The Balaban J connectivity index is 1.39. The Hall–Kier alpha value is -2.68. The van der Waals surface area contributed by atoms with E-state index in [-0.39, 0.29) is 21.4 Å². The van der Waals surface area contributed by atoms with Crippen LogP contribution in [-0.2, 0) is 16.4 Å². The Kier molecular flexibility index (Phi) is 6.93. The molecule has 0 spiro atoms. The van der Waals surface area contributed by atoms with Crippen LogP contribution >= 0.6 is 11.6 Å². The molecule has 1 amide bonds. The predicted molar refractivity (Wildman–Crippen MR) is 124 cm³/mol. The van der Waals surface area contributed by atoms with Gasteiger partial charge in [0.05, 0.1) is 10.7 Å². The molecule has 9 heteroatoms. The Morgan fingerprint density at radius 3 is 2.50 bits per heavy atom. The van der Waals surface area contributed by atoms with Crippen molar-refractivity contribution in [3.63, 3.8) is 0 Å². The highest BCUT2D eigenvalue weighted by Crippen LogP contribution is 2.28. The molecule has 1 aromatic heterocycles. The van der Waals surface area contributed by atoms with Crippen molar-refractivity contribution in [2.75, 3.05) is 19.6 Å². The molecule has 0 radical (unpaired) electrons. The van der Waals surface area contributed by atoms with E-state index in [1.807, 2.05) is 36.5 Å². The molecule has 3 aromatic rings. The van der Waals surface area contributed by atoms with E-state index < -0.39 is 10.0 Å². The smallest absolute Gasteiger partial charge is 0.251 e. The summed E-state index contributed by atoms with van der Waals surface area (Å²) in [6, 6.07) is 14.2. The first-order valence-corrected chi connectivity index (χ1v) is 12.4. The van der Waals surface area contributed by atoms with Gasteiger partial charge < -0.3 is 5.32 Å². The van der Waals surface area contributed by atoms with Crippen LogP contribution in [0.3, 0.4) is 0 Å². The van der Waals surface area contributed by atoms with Crippen LogP contribution in [0.4, 0.5) is 0 Å². The second-order valence-corrected chi connectivity index (χ2v) is 10.0. The maximum absolute atomic E-state index is 13.0. The van der Waals surface area contributed by atoms with E-state index >= 15 is 0 Å². The van der Waals surface area contributed by atoms with E-state index in [0.29, 0.717) is 26.1 Å². The summed E-state index contributed by atoms with van der Waals surface area (Å²) in [7, 11) is -3.72. The predicted octanol–water partition coefficient (Wildman–Crippen LogP) is 3.67. The summed E-state index contributed by atoms with van der Waals surface area (Å²) in [6.07, 6.45) is 6.94. The summed E-state index contributed by atoms with van der Waals surface area (Å²) in [5, 5.41) is 7.19. The van der Waals surface area contributed by atoms with E-state index in [2.05, 4.69) is 10.4 Å². The van der Waals surface area contributed by atoms with Crippen molar-refractivity contribution in [2.24, 2.45) is 0 Å². The van der Waals surface area contributed by atoms with E-state index in [0.717, 1.165) is 30.5 Å². The molecule has 1 aliphatic rings.